The van der Waals surface area contributed by atoms with Gasteiger partial charge in [0, 0.05) is 18.9 Å². The van der Waals surface area contributed by atoms with Crippen LogP contribution < -0.4 is 5.32 Å². The highest BCUT2D eigenvalue weighted by Crippen LogP contribution is 2.09. The number of ketones is 1. The molecule has 17 heavy (non-hydrogen) atoms. The van der Waals surface area contributed by atoms with Crippen molar-refractivity contribution >= 4 is 12.2 Å². The van der Waals surface area contributed by atoms with Crippen LogP contribution in [-0.2, 0) is 9.59 Å². The van der Waals surface area contributed by atoms with Gasteiger partial charge in [-0.2, -0.15) is 0 Å². The second kappa shape index (κ2) is 13.2. The number of hydrogen-bond donors (Lipinski definition) is 1. The molecule has 3 nitrogen and oxygen atoms in total. The van der Waals surface area contributed by atoms with Crippen molar-refractivity contribution in [3.63, 3.8) is 0 Å². The molecule has 0 aliphatic heterocycles. The van der Waals surface area contributed by atoms with Crippen molar-refractivity contribution in [2.75, 3.05) is 6.54 Å². The lowest BCUT2D eigenvalue weighted by atomic mass is 10.0. The van der Waals surface area contributed by atoms with Crippen molar-refractivity contribution in [1.82, 2.24) is 5.32 Å². The highest BCUT2D eigenvalue weighted by atomic mass is 16.1. The molecule has 0 saturated carbocycles. The summed E-state index contributed by atoms with van der Waals surface area (Å²) in [5.41, 5.74) is 0. The fourth-order valence-corrected chi connectivity index (χ4v) is 1.58. The van der Waals surface area contributed by atoms with Gasteiger partial charge >= 0.3 is 0 Å². The van der Waals surface area contributed by atoms with Gasteiger partial charge in [-0.15, -0.1) is 0 Å². The first-order chi connectivity index (χ1) is 7.68. The van der Waals surface area contributed by atoms with Crippen molar-refractivity contribution in [3.05, 3.63) is 0 Å². The Balaban J connectivity index is 0. The summed E-state index contributed by atoms with van der Waals surface area (Å²) in [6, 6.07) is 0. The minimum absolute atomic E-state index is 0. The fourth-order valence-electron chi connectivity index (χ4n) is 1.58. The van der Waals surface area contributed by atoms with Crippen molar-refractivity contribution < 1.29 is 9.59 Å². The van der Waals surface area contributed by atoms with Crippen LogP contribution in [0.1, 0.15) is 66.2 Å². The molecule has 0 atom stereocenters. The Hall–Kier alpha value is -0.860. The van der Waals surface area contributed by atoms with E-state index >= 15 is 0 Å². The average Bonchev–Trinajstić information content (AvgIpc) is 2.26. The Morgan fingerprint density at radius 3 is 2.12 bits per heavy atom. The summed E-state index contributed by atoms with van der Waals surface area (Å²) < 4.78 is 0. The van der Waals surface area contributed by atoms with Crippen molar-refractivity contribution in [2.24, 2.45) is 5.92 Å². The molecule has 0 aromatic heterocycles. The van der Waals surface area contributed by atoms with Crippen LogP contribution in [-0.4, -0.2) is 18.7 Å². The second-order valence-corrected chi connectivity index (χ2v) is 4.56. The number of rotatable bonds is 11. The van der Waals surface area contributed by atoms with Crippen LogP contribution in [0.25, 0.3) is 0 Å². The summed E-state index contributed by atoms with van der Waals surface area (Å²) in [6.45, 7) is 4.71. The molecule has 1 amide bonds. The Morgan fingerprint density at radius 2 is 1.59 bits per heavy atom. The first-order valence-corrected chi connectivity index (χ1v) is 6.38. The lowest BCUT2D eigenvalue weighted by Crippen LogP contribution is -2.11. The van der Waals surface area contributed by atoms with E-state index in [1.165, 1.54) is 19.3 Å². The van der Waals surface area contributed by atoms with Crippen molar-refractivity contribution in [3.8, 4) is 0 Å². The minimum atomic E-state index is 0. The second-order valence-electron chi connectivity index (χ2n) is 4.56. The standard InChI is InChI=1S/C13H25NO2.CH4/c1-12(2)13(16)9-7-5-3-4-6-8-10-14-11-15;/h11-12H,3-10H2,1-2H3,(H,14,15);1H4. The SMILES string of the molecule is C.CC(C)C(=O)CCCCCCCCNC=O. The third kappa shape index (κ3) is 13.1. The Kier molecular flexibility index (Phi) is 14.4. The molecule has 0 spiro atoms. The van der Waals surface area contributed by atoms with Gasteiger partial charge in [0.25, 0.3) is 0 Å². The first-order valence-electron chi connectivity index (χ1n) is 6.38. The predicted molar refractivity (Wildman–Crippen MR) is 73.0 cm³/mol. The van der Waals surface area contributed by atoms with Gasteiger partial charge in [-0.3, -0.25) is 9.59 Å². The minimum Gasteiger partial charge on any atom is -0.359 e. The zero-order valence-electron chi connectivity index (χ0n) is 10.6. The Morgan fingerprint density at radius 1 is 1.06 bits per heavy atom. The van der Waals surface area contributed by atoms with Gasteiger partial charge in [0.1, 0.15) is 5.78 Å². The van der Waals surface area contributed by atoms with E-state index in [1.807, 2.05) is 13.8 Å². The maximum Gasteiger partial charge on any atom is 0.207 e. The molecule has 0 saturated heterocycles. The van der Waals surface area contributed by atoms with Gasteiger partial charge in [-0.05, 0) is 12.8 Å². The van der Waals surface area contributed by atoms with Gasteiger partial charge in [0.2, 0.25) is 6.41 Å². The third-order valence-electron chi connectivity index (χ3n) is 2.72. The Bertz CT molecular complexity index is 191. The summed E-state index contributed by atoms with van der Waals surface area (Å²) in [5, 5.41) is 2.65. The maximum atomic E-state index is 11.3. The lowest BCUT2D eigenvalue weighted by molar-refractivity contribution is -0.122. The molecule has 1 N–H and O–H groups in total. The van der Waals surface area contributed by atoms with Crippen LogP contribution >= 0.6 is 0 Å². The molecule has 0 aromatic rings. The number of Topliss-reactive ketones (excluding diaryl/α,β-unsaturated/α-hetero) is 1. The van der Waals surface area contributed by atoms with E-state index in [0.29, 0.717) is 5.78 Å². The number of unbranched alkanes of at least 4 members (excludes halogenated alkanes) is 5. The zero-order chi connectivity index (χ0) is 12.2. The largest absolute Gasteiger partial charge is 0.359 e. The lowest BCUT2D eigenvalue weighted by Gasteiger charge is -2.04. The number of nitrogens with one attached hydrogen (secondary N) is 1. The molecule has 0 heterocycles. The van der Waals surface area contributed by atoms with Crippen LogP contribution in [0.15, 0.2) is 0 Å². The van der Waals surface area contributed by atoms with E-state index in [9.17, 15) is 9.59 Å². The number of amides is 1. The molecule has 0 fully saturated rings. The predicted octanol–water partition coefficient (Wildman–Crippen LogP) is 3.32. The van der Waals surface area contributed by atoms with E-state index in [1.54, 1.807) is 0 Å². The molecular weight excluding hydrogens is 214 g/mol. The molecule has 0 radical (unpaired) electrons. The molecular formula is C14H29NO2. The third-order valence-corrected chi connectivity index (χ3v) is 2.72. The number of carbonyl (C=O) groups is 2. The maximum absolute atomic E-state index is 11.3. The van der Waals surface area contributed by atoms with Gasteiger partial charge in [0.05, 0.1) is 0 Å². The highest BCUT2D eigenvalue weighted by molar-refractivity contribution is 5.80. The van der Waals surface area contributed by atoms with Crippen molar-refractivity contribution in [1.29, 1.82) is 0 Å². The number of carbonyl (C=O) groups excluding carboxylic acids is 2. The zero-order valence-corrected chi connectivity index (χ0v) is 10.6. The summed E-state index contributed by atoms with van der Waals surface area (Å²) in [5.74, 6) is 0.574. The molecule has 0 rings (SSSR count). The van der Waals surface area contributed by atoms with Crippen LogP contribution in [0.2, 0.25) is 0 Å². The van der Waals surface area contributed by atoms with Crippen molar-refractivity contribution in [2.45, 2.75) is 66.2 Å². The first kappa shape index (κ1) is 18.5. The van der Waals surface area contributed by atoms with E-state index in [-0.39, 0.29) is 13.3 Å². The van der Waals surface area contributed by atoms with Crippen LogP contribution in [0.3, 0.4) is 0 Å². The van der Waals surface area contributed by atoms with Gasteiger partial charge in [0.15, 0.2) is 0 Å². The van der Waals surface area contributed by atoms with Crippen LogP contribution in [0.4, 0.5) is 0 Å². The van der Waals surface area contributed by atoms with Crippen LogP contribution in [0.5, 0.6) is 0 Å². The molecule has 102 valence electrons. The smallest absolute Gasteiger partial charge is 0.207 e. The van der Waals surface area contributed by atoms with Gasteiger partial charge < -0.3 is 5.32 Å². The number of hydrogen-bond acceptors (Lipinski definition) is 2. The fraction of sp³-hybridized carbons (Fsp3) is 0.857. The topological polar surface area (TPSA) is 46.2 Å². The molecule has 0 aromatic carbocycles. The molecule has 0 aliphatic rings. The summed E-state index contributed by atoms with van der Waals surface area (Å²) >= 11 is 0. The average molecular weight is 243 g/mol. The molecule has 0 unspecified atom stereocenters. The van der Waals surface area contributed by atoms with E-state index < -0.39 is 0 Å². The quantitative estimate of drug-likeness (QED) is 0.447. The van der Waals surface area contributed by atoms with E-state index in [4.69, 9.17) is 0 Å². The van der Waals surface area contributed by atoms with Gasteiger partial charge in [-0.25, -0.2) is 0 Å². The van der Waals surface area contributed by atoms with E-state index in [0.717, 1.165) is 38.6 Å². The normalized spacial score (nSPS) is 9.82. The molecule has 0 aliphatic carbocycles. The highest BCUT2D eigenvalue weighted by Gasteiger charge is 2.05. The molecule has 0 bridgehead atoms. The van der Waals surface area contributed by atoms with E-state index in [2.05, 4.69) is 5.32 Å². The summed E-state index contributed by atoms with van der Waals surface area (Å²) in [7, 11) is 0. The summed E-state index contributed by atoms with van der Waals surface area (Å²) in [4.78, 5) is 21.3. The summed E-state index contributed by atoms with van der Waals surface area (Å²) in [6.07, 6.45) is 8.30. The Labute approximate surface area is 106 Å². The monoisotopic (exact) mass is 243 g/mol. The molecule has 3 heteroatoms. The van der Waals surface area contributed by atoms with Gasteiger partial charge in [-0.1, -0.05) is 47.0 Å². The van der Waals surface area contributed by atoms with Crippen LogP contribution in [0, 0.1) is 5.92 Å².